The van der Waals surface area contributed by atoms with Crippen molar-refractivity contribution in [2.75, 3.05) is 0 Å². The fraction of sp³-hybridized carbons (Fsp3) is 0. The Morgan fingerprint density at radius 2 is 0.377 bits per heavy atom. The van der Waals surface area contributed by atoms with E-state index >= 15 is 0 Å². The summed E-state index contributed by atoms with van der Waals surface area (Å²) in [7, 11) is -1.80. The van der Waals surface area contributed by atoms with Crippen LogP contribution < -0.4 is 41.5 Å². The monoisotopic (exact) mass is 942 g/mol. The molecule has 5 heteroatoms. The van der Waals surface area contributed by atoms with E-state index in [4.69, 9.17) is 0 Å². The quantitative estimate of drug-likeness (QED) is 0.155. The summed E-state index contributed by atoms with van der Waals surface area (Å²) in [5.41, 5.74) is 2.45. The van der Waals surface area contributed by atoms with E-state index in [1.54, 1.807) is 0 Å². The van der Waals surface area contributed by atoms with Crippen LogP contribution in [-0.2, 0) is 0 Å². The summed E-state index contributed by atoms with van der Waals surface area (Å²) in [5, 5.41) is 11.1. The van der Waals surface area contributed by atoms with E-state index in [0.29, 0.717) is 0 Å². The van der Waals surface area contributed by atoms with Gasteiger partial charge in [0, 0.05) is 0 Å². The Kier molecular flexibility index (Phi) is 13.0. The van der Waals surface area contributed by atoms with Gasteiger partial charge in [0.2, 0.25) is 0 Å². The molecule has 0 fully saturated rings. The molecular weight excluding hydrogens is 898 g/mol. The second-order valence-corrected chi connectivity index (χ2v) is 20.5. The topological polar surface area (TPSA) is 0 Å². The average molecular weight is 943 g/mol. The minimum Gasteiger partial charge on any atom is -0.0623 e. The summed E-state index contributed by atoms with van der Waals surface area (Å²) in [5.74, 6) is 0. The molecule has 0 aromatic heterocycles. The molecule has 0 saturated heterocycles. The maximum absolute atomic E-state index is 2.56. The molecule has 2 radical (unpaired) electrons. The standard InChI is InChI=1S/C48H38Si2.Bi.H5Si2.2H/c1-7-19-41(20-8-1)49(42-21-9-2-10-22-42,43-23-11-3-12-24-43)47-35-31-39(32-36-47)40-33-37-48(38-34-40)50(44-25-13-4-14-26-44,45-27-15-5-16-28-45)46-29-17-6-18-30-46;;1-2;;/h1-38H;;1H2,2H3;;. The van der Waals surface area contributed by atoms with E-state index in [-0.39, 0.29) is 26.2 Å². The fourth-order valence-electron chi connectivity index (χ4n) is 7.95. The number of rotatable bonds is 9. The number of hydrogen-bond donors (Lipinski definition) is 0. The van der Waals surface area contributed by atoms with Crippen molar-refractivity contribution in [3.8, 4) is 11.1 Å². The third-order valence-electron chi connectivity index (χ3n) is 10.2. The van der Waals surface area contributed by atoms with E-state index in [1.165, 1.54) is 62.4 Å². The summed E-state index contributed by atoms with van der Waals surface area (Å²) < 4.78 is 0. The Morgan fingerprint density at radius 1 is 0.226 bits per heavy atom. The van der Waals surface area contributed by atoms with E-state index < -0.39 is 16.1 Å². The van der Waals surface area contributed by atoms with E-state index in [0.717, 1.165) is 0 Å². The van der Waals surface area contributed by atoms with Gasteiger partial charge in [0.25, 0.3) is 0 Å². The zero-order valence-electron chi connectivity index (χ0n) is 30.2. The van der Waals surface area contributed by atoms with E-state index in [9.17, 15) is 0 Å². The van der Waals surface area contributed by atoms with Gasteiger partial charge in [0.15, 0.2) is 16.1 Å². The van der Waals surface area contributed by atoms with Crippen molar-refractivity contribution in [1.82, 2.24) is 0 Å². The third-order valence-corrected chi connectivity index (χ3v) is 19.8. The number of benzene rings is 8. The first-order chi connectivity index (χ1) is 25.8. The summed E-state index contributed by atoms with van der Waals surface area (Å²) >= 11 is 0. The predicted molar refractivity (Wildman–Crippen MR) is 246 cm³/mol. The number of hydrogen-bond acceptors (Lipinski definition) is 0. The molecule has 0 bridgehead atoms. The van der Waals surface area contributed by atoms with Crippen LogP contribution in [0.5, 0.6) is 0 Å². The molecule has 0 atom stereocenters. The van der Waals surface area contributed by atoms with Gasteiger partial charge in [-0.25, -0.2) is 0 Å². The molecule has 0 aliphatic rings. The molecule has 0 unspecified atom stereocenters. The van der Waals surface area contributed by atoms with Crippen molar-refractivity contribution in [3.63, 3.8) is 0 Å². The second kappa shape index (κ2) is 18.0. The zero-order chi connectivity index (χ0) is 35.6. The maximum Gasteiger partial charge on any atom is 0.179 e. The normalized spacial score (nSPS) is 11.1. The Balaban J connectivity index is 0.00000158. The Bertz CT molecular complexity index is 1910. The predicted octanol–water partition coefficient (Wildman–Crippen LogP) is 3.09. The molecule has 0 aliphatic heterocycles. The summed E-state index contributed by atoms with van der Waals surface area (Å²) in [6, 6.07) is 85.6. The Morgan fingerprint density at radius 3 is 0.547 bits per heavy atom. The van der Waals surface area contributed by atoms with Crippen molar-refractivity contribution < 1.29 is 0 Å². The SMILES string of the molecule is [BiH2].[SiH2][SiH3].c1ccc([Si](c2ccccc2)(c2ccccc2)c2ccc(-c3ccc([Si](c4ccccc4)(c4ccccc4)c4ccccc4)cc3)cc2)cc1. The van der Waals surface area contributed by atoms with Gasteiger partial charge in [-0.3, -0.25) is 0 Å². The molecule has 0 N–H and O–H groups in total. The van der Waals surface area contributed by atoms with Crippen molar-refractivity contribution in [1.29, 1.82) is 0 Å². The van der Waals surface area contributed by atoms with Crippen molar-refractivity contribution in [2.24, 2.45) is 0 Å². The molecule has 8 aromatic carbocycles. The van der Waals surface area contributed by atoms with Gasteiger partial charge < -0.3 is 0 Å². The van der Waals surface area contributed by atoms with Crippen LogP contribution in [0.3, 0.4) is 0 Å². The second-order valence-electron chi connectivity index (χ2n) is 12.9. The van der Waals surface area contributed by atoms with Gasteiger partial charge in [-0.05, 0) is 72.1 Å². The molecule has 0 aliphatic carbocycles. The fourth-order valence-corrected chi connectivity index (χ4v) is 17.4. The Labute approximate surface area is 342 Å². The van der Waals surface area contributed by atoms with Gasteiger partial charge in [-0.1, -0.05) is 231 Å². The minimum atomic E-state index is -2.56. The summed E-state index contributed by atoms with van der Waals surface area (Å²) in [6.07, 6.45) is 0. The first kappa shape index (κ1) is 38.2. The van der Waals surface area contributed by atoms with Crippen LogP contribution in [0, 0.1) is 0 Å². The van der Waals surface area contributed by atoms with Gasteiger partial charge in [-0.15, -0.1) is 0 Å². The molecule has 0 amide bonds. The van der Waals surface area contributed by atoms with Crippen molar-refractivity contribution in [3.05, 3.63) is 231 Å². The molecule has 0 heterocycles. The minimum absolute atomic E-state index is 0. The Hall–Kier alpha value is -4.49. The van der Waals surface area contributed by atoms with E-state index in [2.05, 4.69) is 231 Å². The first-order valence-corrected chi connectivity index (χ1v) is 27.7. The molecule has 8 rings (SSSR count). The first-order valence-electron chi connectivity index (χ1n) is 18.1. The molecular formula is C48H45BiSi4. The molecule has 0 saturated carbocycles. The van der Waals surface area contributed by atoms with Crippen molar-refractivity contribution >= 4 is 103 Å². The van der Waals surface area contributed by atoms with Crippen LogP contribution in [0.15, 0.2) is 231 Å². The van der Waals surface area contributed by atoms with Crippen LogP contribution >= 0.6 is 0 Å². The maximum atomic E-state index is 2.39. The van der Waals surface area contributed by atoms with Crippen molar-refractivity contribution in [2.45, 2.75) is 0 Å². The van der Waals surface area contributed by atoms with E-state index in [1.807, 2.05) is 9.76 Å². The van der Waals surface area contributed by atoms with Crippen LogP contribution in [0.2, 0.25) is 0 Å². The summed E-state index contributed by atoms with van der Waals surface area (Å²) in [4.78, 5) is 0. The average Bonchev–Trinajstić information content (AvgIpc) is 3.25. The third kappa shape index (κ3) is 7.38. The zero-order valence-corrected chi connectivity index (χ0v) is 40.1. The van der Waals surface area contributed by atoms with Gasteiger partial charge in [0.05, 0.1) is 0 Å². The van der Waals surface area contributed by atoms with Crippen LogP contribution in [0.1, 0.15) is 0 Å². The van der Waals surface area contributed by atoms with Gasteiger partial charge in [0.1, 0.15) is 0 Å². The molecule has 53 heavy (non-hydrogen) atoms. The van der Waals surface area contributed by atoms with Crippen LogP contribution in [-0.4, -0.2) is 61.9 Å². The molecule has 0 spiro atoms. The molecule has 258 valence electrons. The smallest absolute Gasteiger partial charge is 0.0623 e. The van der Waals surface area contributed by atoms with Crippen LogP contribution in [0.4, 0.5) is 0 Å². The van der Waals surface area contributed by atoms with Gasteiger partial charge in [-0.2, -0.15) is 0 Å². The van der Waals surface area contributed by atoms with Crippen LogP contribution in [0.25, 0.3) is 11.1 Å². The van der Waals surface area contributed by atoms with Gasteiger partial charge >= 0.3 is 26.2 Å². The molecule has 8 aromatic rings. The largest absolute Gasteiger partial charge is 0.179 e. The summed E-state index contributed by atoms with van der Waals surface area (Å²) in [6.45, 7) is 0. The molecule has 0 nitrogen and oxygen atoms in total.